The Hall–Kier alpha value is -3.25. The van der Waals surface area contributed by atoms with Crippen molar-refractivity contribution >= 4 is 33.2 Å². The van der Waals surface area contributed by atoms with E-state index < -0.39 is 5.97 Å². The van der Waals surface area contributed by atoms with Crippen molar-refractivity contribution in [2.24, 2.45) is 0 Å². The molecule has 6 heteroatoms. The van der Waals surface area contributed by atoms with E-state index >= 15 is 0 Å². The maximum absolute atomic E-state index is 12.4. The number of nitrogens with zero attached hydrogens (tertiary/aromatic N) is 2. The number of hydrogen-bond acceptors (Lipinski definition) is 5. The highest BCUT2D eigenvalue weighted by atomic mass is 32.1. The number of fused-ring (bicyclic) bond motifs is 1. The van der Waals surface area contributed by atoms with Crippen LogP contribution in [0.15, 0.2) is 72.5 Å². The summed E-state index contributed by atoms with van der Waals surface area (Å²) in [6.07, 6.45) is 3.13. The van der Waals surface area contributed by atoms with Gasteiger partial charge in [0.05, 0.1) is 0 Å². The molecule has 0 fully saturated rings. The van der Waals surface area contributed by atoms with Gasteiger partial charge in [-0.1, -0.05) is 36.4 Å². The number of imidazole rings is 1. The zero-order chi connectivity index (χ0) is 17.9. The molecule has 0 bridgehead atoms. The molecule has 0 aliphatic rings. The molecule has 0 atom stereocenters. The van der Waals surface area contributed by atoms with Gasteiger partial charge in [-0.15, -0.1) is 11.3 Å². The lowest BCUT2D eigenvalue weighted by atomic mass is 10.1. The number of Topliss-reactive ketones (excluding diaryl/α,β-unsaturated/α-hetero) is 1. The Morgan fingerprint density at radius 1 is 1.04 bits per heavy atom. The number of carbonyl (C=O) groups excluding carboxylic acids is 2. The van der Waals surface area contributed by atoms with E-state index in [0.29, 0.717) is 5.56 Å². The number of hydrogen-bond donors (Lipinski definition) is 0. The first-order valence-corrected chi connectivity index (χ1v) is 8.86. The molecular formula is C20H14N2O3S. The Balaban J connectivity index is 1.44. The van der Waals surface area contributed by atoms with Crippen LogP contribution in [-0.4, -0.2) is 27.9 Å². The summed E-state index contributed by atoms with van der Waals surface area (Å²) in [6, 6.07) is 17.2. The minimum Gasteiger partial charge on any atom is -0.453 e. The highest BCUT2D eigenvalue weighted by Gasteiger charge is 2.17. The average molecular weight is 362 g/mol. The molecule has 2 heterocycles. The van der Waals surface area contributed by atoms with E-state index in [2.05, 4.69) is 4.98 Å². The number of para-hydroxylation sites is 1. The number of benzene rings is 2. The van der Waals surface area contributed by atoms with Crippen LogP contribution in [0.5, 0.6) is 0 Å². The normalized spacial score (nSPS) is 10.8. The Morgan fingerprint density at radius 3 is 2.65 bits per heavy atom. The van der Waals surface area contributed by atoms with Crippen LogP contribution in [0.4, 0.5) is 0 Å². The quantitative estimate of drug-likeness (QED) is 0.396. The standard InChI is InChI=1S/C20H14N2O3S/c23-18(16-12-26-19-9-5-4-8-15(16)19)11-25-20(24)17-10-22(13-21-17)14-6-2-1-3-7-14/h1-10,12-13H,11H2. The molecule has 2 aromatic heterocycles. The number of thiophene rings is 1. The monoisotopic (exact) mass is 362 g/mol. The van der Waals surface area contributed by atoms with Gasteiger partial charge in [-0.2, -0.15) is 0 Å². The van der Waals surface area contributed by atoms with Gasteiger partial charge in [0, 0.05) is 32.9 Å². The fraction of sp³-hybridized carbons (Fsp3) is 0.0500. The summed E-state index contributed by atoms with van der Waals surface area (Å²) in [7, 11) is 0. The van der Waals surface area contributed by atoms with Crippen LogP contribution in [-0.2, 0) is 4.74 Å². The number of rotatable bonds is 5. The van der Waals surface area contributed by atoms with E-state index in [4.69, 9.17) is 4.74 Å². The number of ether oxygens (including phenoxy) is 1. The predicted molar refractivity (Wildman–Crippen MR) is 100 cm³/mol. The van der Waals surface area contributed by atoms with Crippen LogP contribution in [0.3, 0.4) is 0 Å². The zero-order valence-electron chi connectivity index (χ0n) is 13.7. The molecule has 0 radical (unpaired) electrons. The Labute approximate surface area is 153 Å². The molecule has 4 aromatic rings. The molecule has 0 unspecified atom stereocenters. The topological polar surface area (TPSA) is 61.2 Å². The van der Waals surface area contributed by atoms with Gasteiger partial charge in [0.1, 0.15) is 6.33 Å². The van der Waals surface area contributed by atoms with Gasteiger partial charge in [0.15, 0.2) is 12.3 Å². The van der Waals surface area contributed by atoms with Gasteiger partial charge in [0.2, 0.25) is 5.78 Å². The number of esters is 1. The summed E-state index contributed by atoms with van der Waals surface area (Å²) in [6.45, 7) is -0.308. The van der Waals surface area contributed by atoms with E-state index in [9.17, 15) is 9.59 Å². The fourth-order valence-electron chi connectivity index (χ4n) is 2.65. The van der Waals surface area contributed by atoms with E-state index in [-0.39, 0.29) is 18.1 Å². The maximum Gasteiger partial charge on any atom is 0.358 e. The lowest BCUT2D eigenvalue weighted by molar-refractivity contribution is 0.0470. The van der Waals surface area contributed by atoms with Crippen molar-refractivity contribution in [1.29, 1.82) is 0 Å². The highest BCUT2D eigenvalue weighted by Crippen LogP contribution is 2.26. The summed E-state index contributed by atoms with van der Waals surface area (Å²) >= 11 is 1.50. The summed E-state index contributed by atoms with van der Waals surface area (Å²) in [5, 5.41) is 2.68. The summed E-state index contributed by atoms with van der Waals surface area (Å²) < 4.78 is 7.91. The first-order valence-electron chi connectivity index (χ1n) is 7.98. The number of aromatic nitrogens is 2. The summed E-state index contributed by atoms with van der Waals surface area (Å²) in [5.74, 6) is -0.842. The van der Waals surface area contributed by atoms with Gasteiger partial charge in [-0.05, 0) is 18.2 Å². The number of ketones is 1. The third-order valence-electron chi connectivity index (χ3n) is 3.96. The highest BCUT2D eigenvalue weighted by molar-refractivity contribution is 7.17. The van der Waals surface area contributed by atoms with Gasteiger partial charge in [-0.25, -0.2) is 9.78 Å². The van der Waals surface area contributed by atoms with Crippen LogP contribution in [0, 0.1) is 0 Å². The van der Waals surface area contributed by atoms with Crippen molar-refractivity contribution in [2.75, 3.05) is 6.61 Å². The molecule has 128 valence electrons. The zero-order valence-corrected chi connectivity index (χ0v) is 14.5. The van der Waals surface area contributed by atoms with Crippen molar-refractivity contribution in [3.8, 4) is 5.69 Å². The van der Waals surface area contributed by atoms with Crippen molar-refractivity contribution in [3.05, 3.63) is 83.8 Å². The first kappa shape index (κ1) is 16.2. The molecule has 0 saturated carbocycles. The molecular weight excluding hydrogens is 348 g/mol. The summed E-state index contributed by atoms with van der Waals surface area (Å²) in [5.41, 5.74) is 1.63. The van der Waals surface area contributed by atoms with Crippen LogP contribution in [0.25, 0.3) is 15.8 Å². The Bertz CT molecular complexity index is 1080. The van der Waals surface area contributed by atoms with E-state index in [1.165, 1.54) is 11.3 Å². The van der Waals surface area contributed by atoms with E-state index in [1.54, 1.807) is 22.5 Å². The van der Waals surface area contributed by atoms with Crippen molar-refractivity contribution in [3.63, 3.8) is 0 Å². The number of carbonyl (C=O) groups is 2. The Morgan fingerprint density at radius 2 is 1.81 bits per heavy atom. The van der Waals surface area contributed by atoms with Crippen molar-refractivity contribution in [1.82, 2.24) is 9.55 Å². The van der Waals surface area contributed by atoms with Crippen LogP contribution >= 0.6 is 11.3 Å². The second-order valence-corrected chi connectivity index (χ2v) is 6.56. The third-order valence-corrected chi connectivity index (χ3v) is 4.93. The molecule has 0 N–H and O–H groups in total. The third kappa shape index (κ3) is 3.14. The van der Waals surface area contributed by atoms with Crippen LogP contribution in [0.2, 0.25) is 0 Å². The SMILES string of the molecule is O=C(OCC(=O)c1csc2ccccc12)c1cn(-c2ccccc2)cn1. The molecule has 0 saturated heterocycles. The molecule has 4 rings (SSSR count). The molecule has 0 aliphatic heterocycles. The Kier molecular flexibility index (Phi) is 4.33. The van der Waals surface area contributed by atoms with Crippen LogP contribution in [0.1, 0.15) is 20.8 Å². The van der Waals surface area contributed by atoms with Crippen molar-refractivity contribution in [2.45, 2.75) is 0 Å². The van der Waals surface area contributed by atoms with Gasteiger partial charge in [-0.3, -0.25) is 4.79 Å². The molecule has 5 nitrogen and oxygen atoms in total. The molecule has 0 aliphatic carbocycles. The largest absolute Gasteiger partial charge is 0.453 e. The van der Waals surface area contributed by atoms with Crippen LogP contribution < -0.4 is 0 Å². The van der Waals surface area contributed by atoms with Gasteiger partial charge >= 0.3 is 5.97 Å². The molecule has 0 amide bonds. The lowest BCUT2D eigenvalue weighted by Crippen LogP contribution is -2.14. The minimum atomic E-state index is -0.618. The minimum absolute atomic E-state index is 0.164. The smallest absolute Gasteiger partial charge is 0.358 e. The average Bonchev–Trinajstić information content (AvgIpc) is 3.34. The molecule has 2 aromatic carbocycles. The van der Waals surface area contributed by atoms with Gasteiger partial charge < -0.3 is 9.30 Å². The van der Waals surface area contributed by atoms with Gasteiger partial charge in [0.25, 0.3) is 0 Å². The lowest BCUT2D eigenvalue weighted by Gasteiger charge is -2.02. The van der Waals surface area contributed by atoms with E-state index in [0.717, 1.165) is 15.8 Å². The van der Waals surface area contributed by atoms with Crippen molar-refractivity contribution < 1.29 is 14.3 Å². The fourth-order valence-corrected chi connectivity index (χ4v) is 3.61. The predicted octanol–water partition coefficient (Wildman–Crippen LogP) is 4.13. The molecule has 0 spiro atoms. The first-order chi connectivity index (χ1) is 12.7. The summed E-state index contributed by atoms with van der Waals surface area (Å²) in [4.78, 5) is 28.6. The maximum atomic E-state index is 12.4. The second kappa shape index (κ2) is 6.93. The molecule has 26 heavy (non-hydrogen) atoms. The second-order valence-electron chi connectivity index (χ2n) is 5.65. The van der Waals surface area contributed by atoms with E-state index in [1.807, 2.05) is 54.6 Å².